The van der Waals surface area contributed by atoms with Crippen molar-refractivity contribution in [2.24, 2.45) is 11.7 Å². The van der Waals surface area contributed by atoms with Gasteiger partial charge in [-0.15, -0.1) is 0 Å². The molecule has 0 radical (unpaired) electrons. The molecule has 1 aliphatic rings. The molecule has 1 atom stereocenters. The molecule has 0 spiro atoms. The Morgan fingerprint density at radius 3 is 2.25 bits per heavy atom. The normalized spacial score (nSPS) is 19.9. The lowest BCUT2D eigenvalue weighted by Crippen LogP contribution is -2.51. The van der Waals surface area contributed by atoms with E-state index < -0.39 is 0 Å². The summed E-state index contributed by atoms with van der Waals surface area (Å²) in [4.78, 5) is 11.5. The molecule has 1 fully saturated rings. The van der Waals surface area contributed by atoms with E-state index >= 15 is 0 Å². The second-order valence-corrected chi connectivity index (χ2v) is 4.96. The molecule has 1 aliphatic carbocycles. The fraction of sp³-hybridized carbons (Fsp3) is 0.923. The van der Waals surface area contributed by atoms with E-state index in [1.54, 1.807) is 0 Å². The van der Waals surface area contributed by atoms with Gasteiger partial charge in [0.25, 0.3) is 0 Å². The average Bonchev–Trinajstić information content (AvgIpc) is 2.30. The van der Waals surface area contributed by atoms with E-state index in [-0.39, 0.29) is 11.9 Å². The van der Waals surface area contributed by atoms with Crippen LogP contribution in [0.4, 0.5) is 0 Å². The first-order valence-corrected chi connectivity index (χ1v) is 6.74. The van der Waals surface area contributed by atoms with E-state index in [0.29, 0.717) is 12.0 Å². The van der Waals surface area contributed by atoms with E-state index in [0.717, 1.165) is 12.8 Å². The van der Waals surface area contributed by atoms with Gasteiger partial charge in [-0.25, -0.2) is 0 Å². The van der Waals surface area contributed by atoms with Gasteiger partial charge in [0.15, 0.2) is 0 Å². The molecule has 1 amide bonds. The fourth-order valence-electron chi connectivity index (χ4n) is 2.73. The molecule has 16 heavy (non-hydrogen) atoms. The third-order valence-corrected chi connectivity index (χ3v) is 3.85. The summed E-state index contributed by atoms with van der Waals surface area (Å²) >= 11 is 0. The highest BCUT2D eigenvalue weighted by Crippen LogP contribution is 2.20. The van der Waals surface area contributed by atoms with Gasteiger partial charge in [-0.1, -0.05) is 46.0 Å². The smallest absolute Gasteiger partial charge is 0.234 e. The van der Waals surface area contributed by atoms with Crippen LogP contribution in [-0.4, -0.2) is 18.0 Å². The van der Waals surface area contributed by atoms with Gasteiger partial charge in [0.2, 0.25) is 5.91 Å². The molecule has 3 nitrogen and oxygen atoms in total. The number of carbonyl (C=O) groups excluding carboxylic acids is 1. The molecule has 1 saturated carbocycles. The van der Waals surface area contributed by atoms with Crippen LogP contribution in [0.15, 0.2) is 0 Å². The van der Waals surface area contributed by atoms with Crippen LogP contribution in [0.5, 0.6) is 0 Å². The summed E-state index contributed by atoms with van der Waals surface area (Å²) in [5.74, 6) is 0.207. The zero-order valence-corrected chi connectivity index (χ0v) is 10.7. The van der Waals surface area contributed by atoms with Crippen molar-refractivity contribution in [1.82, 2.24) is 5.32 Å². The van der Waals surface area contributed by atoms with Crippen LogP contribution in [-0.2, 0) is 4.79 Å². The Morgan fingerprint density at radius 1 is 1.25 bits per heavy atom. The maximum absolute atomic E-state index is 11.5. The van der Waals surface area contributed by atoms with Gasteiger partial charge in [0.1, 0.15) is 0 Å². The SMILES string of the molecule is CCC(CC)C(NC1CCCCC1)C(N)=O. The number of nitrogens with two attached hydrogens (primary N) is 1. The molecule has 3 N–H and O–H groups in total. The standard InChI is InChI=1S/C13H26N2O/c1-3-10(4-2)12(13(14)16)15-11-8-6-5-7-9-11/h10-12,15H,3-9H2,1-2H3,(H2,14,16). The van der Waals surface area contributed by atoms with Crippen LogP contribution in [0.2, 0.25) is 0 Å². The number of carbonyl (C=O) groups is 1. The summed E-state index contributed by atoms with van der Waals surface area (Å²) in [7, 11) is 0. The zero-order chi connectivity index (χ0) is 12.0. The Morgan fingerprint density at radius 2 is 1.81 bits per heavy atom. The monoisotopic (exact) mass is 226 g/mol. The first-order valence-electron chi connectivity index (χ1n) is 6.74. The lowest BCUT2D eigenvalue weighted by molar-refractivity contribution is -0.121. The van der Waals surface area contributed by atoms with E-state index in [2.05, 4.69) is 19.2 Å². The number of primary amides is 1. The Balaban J connectivity index is 2.52. The van der Waals surface area contributed by atoms with Crippen molar-refractivity contribution in [3.8, 4) is 0 Å². The predicted molar refractivity (Wildman–Crippen MR) is 67.1 cm³/mol. The molecule has 1 unspecified atom stereocenters. The maximum Gasteiger partial charge on any atom is 0.234 e. The fourth-order valence-corrected chi connectivity index (χ4v) is 2.73. The van der Waals surface area contributed by atoms with Crippen molar-refractivity contribution in [2.75, 3.05) is 0 Å². The highest BCUT2D eigenvalue weighted by atomic mass is 16.1. The van der Waals surface area contributed by atoms with Crippen LogP contribution in [0.1, 0.15) is 58.8 Å². The lowest BCUT2D eigenvalue weighted by atomic mass is 9.90. The molecule has 0 heterocycles. The number of amides is 1. The second-order valence-electron chi connectivity index (χ2n) is 4.96. The van der Waals surface area contributed by atoms with Gasteiger partial charge in [0, 0.05) is 6.04 Å². The molecular formula is C13H26N2O. The molecule has 0 saturated heterocycles. The van der Waals surface area contributed by atoms with Gasteiger partial charge < -0.3 is 11.1 Å². The van der Waals surface area contributed by atoms with Crippen molar-refractivity contribution in [2.45, 2.75) is 70.9 Å². The zero-order valence-electron chi connectivity index (χ0n) is 10.7. The molecule has 0 aliphatic heterocycles. The number of rotatable bonds is 6. The number of hydrogen-bond acceptors (Lipinski definition) is 2. The topological polar surface area (TPSA) is 55.1 Å². The van der Waals surface area contributed by atoms with Crippen LogP contribution >= 0.6 is 0 Å². The van der Waals surface area contributed by atoms with Crippen molar-refractivity contribution < 1.29 is 4.79 Å². The first kappa shape index (κ1) is 13.5. The van der Waals surface area contributed by atoms with Gasteiger partial charge in [0.05, 0.1) is 6.04 Å². The summed E-state index contributed by atoms with van der Waals surface area (Å²) in [5.41, 5.74) is 5.50. The minimum absolute atomic E-state index is 0.127. The Bertz CT molecular complexity index is 208. The first-order chi connectivity index (χ1) is 7.69. The molecule has 3 heteroatoms. The molecule has 0 aromatic carbocycles. The summed E-state index contributed by atoms with van der Waals surface area (Å²) in [6.45, 7) is 4.26. The van der Waals surface area contributed by atoms with Crippen molar-refractivity contribution >= 4 is 5.91 Å². The van der Waals surface area contributed by atoms with Gasteiger partial charge >= 0.3 is 0 Å². The van der Waals surface area contributed by atoms with Gasteiger partial charge in [-0.05, 0) is 18.8 Å². The lowest BCUT2D eigenvalue weighted by Gasteiger charge is -2.30. The minimum Gasteiger partial charge on any atom is -0.368 e. The quantitative estimate of drug-likeness (QED) is 0.729. The van der Waals surface area contributed by atoms with Crippen molar-refractivity contribution in [3.05, 3.63) is 0 Å². The van der Waals surface area contributed by atoms with Gasteiger partial charge in [-0.2, -0.15) is 0 Å². The Labute approximate surface area is 99.2 Å². The second kappa shape index (κ2) is 6.89. The number of nitrogens with one attached hydrogen (secondary N) is 1. The van der Waals surface area contributed by atoms with E-state index in [4.69, 9.17) is 5.73 Å². The molecule has 0 aromatic heterocycles. The van der Waals surface area contributed by atoms with E-state index in [1.807, 2.05) is 0 Å². The molecular weight excluding hydrogens is 200 g/mol. The maximum atomic E-state index is 11.5. The van der Waals surface area contributed by atoms with E-state index in [1.165, 1.54) is 32.1 Å². The molecule has 0 bridgehead atoms. The van der Waals surface area contributed by atoms with Gasteiger partial charge in [-0.3, -0.25) is 4.79 Å². The Kier molecular flexibility index (Phi) is 5.81. The highest BCUT2D eigenvalue weighted by Gasteiger charge is 2.26. The van der Waals surface area contributed by atoms with Crippen LogP contribution in [0, 0.1) is 5.92 Å². The largest absolute Gasteiger partial charge is 0.368 e. The van der Waals surface area contributed by atoms with Crippen molar-refractivity contribution in [3.63, 3.8) is 0 Å². The summed E-state index contributed by atoms with van der Waals surface area (Å²) in [6.07, 6.45) is 8.34. The molecule has 94 valence electrons. The summed E-state index contributed by atoms with van der Waals surface area (Å²) in [6, 6.07) is 0.380. The molecule has 0 aromatic rings. The van der Waals surface area contributed by atoms with Crippen LogP contribution in [0.25, 0.3) is 0 Å². The van der Waals surface area contributed by atoms with E-state index in [9.17, 15) is 4.79 Å². The van der Waals surface area contributed by atoms with Crippen molar-refractivity contribution in [1.29, 1.82) is 0 Å². The third-order valence-electron chi connectivity index (χ3n) is 3.85. The third kappa shape index (κ3) is 3.78. The minimum atomic E-state index is -0.181. The van der Waals surface area contributed by atoms with Crippen LogP contribution in [0.3, 0.4) is 0 Å². The summed E-state index contributed by atoms with van der Waals surface area (Å²) in [5, 5.41) is 3.48. The molecule has 1 rings (SSSR count). The highest BCUT2D eigenvalue weighted by molar-refractivity contribution is 5.80. The predicted octanol–water partition coefficient (Wildman–Crippen LogP) is 2.20. The average molecular weight is 226 g/mol. The summed E-state index contributed by atoms with van der Waals surface area (Å²) < 4.78 is 0. The number of hydrogen-bond donors (Lipinski definition) is 2. The Hall–Kier alpha value is -0.570. The van der Waals surface area contributed by atoms with Crippen LogP contribution < -0.4 is 11.1 Å².